The zero-order valence-corrected chi connectivity index (χ0v) is 13.6. The van der Waals surface area contributed by atoms with Gasteiger partial charge in [-0.15, -0.1) is 0 Å². The second-order valence-corrected chi connectivity index (χ2v) is 5.31. The second-order valence-electron chi connectivity index (χ2n) is 5.31. The molecule has 1 heterocycles. The predicted octanol–water partition coefficient (Wildman–Crippen LogP) is 4.37. The predicted molar refractivity (Wildman–Crippen MR) is 89.4 cm³/mol. The van der Waals surface area contributed by atoms with E-state index in [0.29, 0.717) is 4.68 Å². The van der Waals surface area contributed by atoms with E-state index in [2.05, 4.69) is 10.4 Å². The topological polar surface area (TPSA) is 79.9 Å². The first kappa shape index (κ1) is 18.0. The van der Waals surface area contributed by atoms with Gasteiger partial charge in [-0.3, -0.25) is 5.32 Å². The third-order valence-corrected chi connectivity index (χ3v) is 3.45. The number of nitriles is 1. The number of hydrogen-bond donors (Lipinski definition) is 1. The second kappa shape index (κ2) is 7.21. The molecular weight excluding hydrogens is 361 g/mol. The molecule has 1 aromatic heterocycles. The van der Waals surface area contributed by atoms with Crippen molar-refractivity contribution in [2.24, 2.45) is 0 Å². The number of anilines is 1. The highest BCUT2D eigenvalue weighted by Gasteiger charge is 2.40. The Labute approximate surface area is 151 Å². The van der Waals surface area contributed by atoms with Gasteiger partial charge in [-0.2, -0.15) is 23.5 Å². The number of carbonyl (C=O) groups is 1. The minimum atomic E-state index is -4.80. The summed E-state index contributed by atoms with van der Waals surface area (Å²) >= 11 is 0. The third kappa shape index (κ3) is 4.07. The Morgan fingerprint density at radius 1 is 1.15 bits per heavy atom. The number of aromatic nitrogens is 2. The van der Waals surface area contributed by atoms with E-state index in [-0.39, 0.29) is 16.9 Å². The molecule has 0 aliphatic rings. The Bertz CT molecular complexity index is 1010. The van der Waals surface area contributed by atoms with Crippen LogP contribution in [0, 0.1) is 11.3 Å². The summed E-state index contributed by atoms with van der Waals surface area (Å²) in [5, 5.41) is 14.8. The molecule has 0 aliphatic carbocycles. The Morgan fingerprint density at radius 2 is 1.89 bits per heavy atom. The van der Waals surface area contributed by atoms with Crippen LogP contribution < -0.4 is 10.1 Å². The fourth-order valence-corrected chi connectivity index (χ4v) is 2.34. The maximum atomic E-state index is 13.5. The molecule has 0 fully saturated rings. The van der Waals surface area contributed by atoms with Gasteiger partial charge in [0.05, 0.1) is 23.5 Å². The summed E-state index contributed by atoms with van der Waals surface area (Å²) in [6.07, 6.45) is -5.12. The van der Waals surface area contributed by atoms with Crippen molar-refractivity contribution in [1.29, 1.82) is 5.26 Å². The van der Waals surface area contributed by atoms with Gasteiger partial charge in [0.2, 0.25) is 0 Å². The standard InChI is InChI=1S/C18H11F3N4O2/c19-18(20,21)16-15(11-23-25(16)14-7-2-1-3-8-14)27-17(26)24-13-6-4-5-12(9-13)10-22/h1-9,11H,(H,24,26). The lowest BCUT2D eigenvalue weighted by atomic mass is 10.2. The quantitative estimate of drug-likeness (QED) is 0.740. The third-order valence-electron chi connectivity index (χ3n) is 3.45. The molecule has 0 aliphatic heterocycles. The van der Waals surface area contributed by atoms with Crippen LogP contribution in [0.25, 0.3) is 5.69 Å². The summed E-state index contributed by atoms with van der Waals surface area (Å²) in [6, 6.07) is 15.4. The number of nitrogens with one attached hydrogen (secondary N) is 1. The number of benzene rings is 2. The molecule has 1 amide bonds. The van der Waals surface area contributed by atoms with Crippen LogP contribution in [-0.4, -0.2) is 15.9 Å². The van der Waals surface area contributed by atoms with Gasteiger partial charge in [-0.05, 0) is 30.3 Å². The molecule has 9 heteroatoms. The molecule has 1 N–H and O–H groups in total. The number of rotatable bonds is 3. The van der Waals surface area contributed by atoms with Crippen molar-refractivity contribution in [3.8, 4) is 17.5 Å². The number of halogens is 3. The zero-order chi connectivity index (χ0) is 19.4. The monoisotopic (exact) mass is 372 g/mol. The van der Waals surface area contributed by atoms with E-state index >= 15 is 0 Å². The number of ether oxygens (including phenoxy) is 1. The Hall–Kier alpha value is -3.80. The van der Waals surface area contributed by atoms with Gasteiger partial charge in [0.25, 0.3) is 0 Å². The van der Waals surface area contributed by atoms with Gasteiger partial charge in [0.15, 0.2) is 11.4 Å². The van der Waals surface area contributed by atoms with E-state index in [4.69, 9.17) is 10.00 Å². The molecule has 0 bridgehead atoms. The minimum Gasteiger partial charge on any atom is -0.406 e. The van der Waals surface area contributed by atoms with Gasteiger partial charge in [0.1, 0.15) is 0 Å². The Morgan fingerprint density at radius 3 is 2.56 bits per heavy atom. The van der Waals surface area contributed by atoms with E-state index in [9.17, 15) is 18.0 Å². The highest BCUT2D eigenvalue weighted by molar-refractivity contribution is 5.86. The molecule has 0 radical (unpaired) electrons. The smallest absolute Gasteiger partial charge is 0.406 e. The maximum Gasteiger partial charge on any atom is 0.437 e. The van der Waals surface area contributed by atoms with Gasteiger partial charge in [-0.1, -0.05) is 24.3 Å². The summed E-state index contributed by atoms with van der Waals surface area (Å²) in [6.45, 7) is 0. The number of para-hydroxylation sites is 1. The molecule has 0 saturated heterocycles. The first-order valence-electron chi connectivity index (χ1n) is 7.58. The lowest BCUT2D eigenvalue weighted by Crippen LogP contribution is -2.20. The van der Waals surface area contributed by atoms with Crippen LogP contribution in [0.3, 0.4) is 0 Å². The van der Waals surface area contributed by atoms with Crippen molar-refractivity contribution in [3.05, 3.63) is 72.1 Å². The molecule has 27 heavy (non-hydrogen) atoms. The van der Waals surface area contributed by atoms with Gasteiger partial charge in [0, 0.05) is 5.69 Å². The molecule has 3 rings (SSSR count). The van der Waals surface area contributed by atoms with E-state index in [0.717, 1.165) is 6.20 Å². The fourth-order valence-electron chi connectivity index (χ4n) is 2.34. The summed E-state index contributed by atoms with van der Waals surface area (Å²) < 4.78 is 46.0. The van der Waals surface area contributed by atoms with E-state index in [1.54, 1.807) is 18.2 Å². The SMILES string of the molecule is N#Cc1cccc(NC(=O)Oc2cnn(-c3ccccc3)c2C(F)(F)F)c1. The molecule has 3 aromatic rings. The van der Waals surface area contributed by atoms with E-state index < -0.39 is 23.7 Å². The largest absolute Gasteiger partial charge is 0.437 e. The van der Waals surface area contributed by atoms with Crippen LogP contribution in [0.15, 0.2) is 60.8 Å². The molecular formula is C18H11F3N4O2. The van der Waals surface area contributed by atoms with Gasteiger partial charge in [-0.25, -0.2) is 9.48 Å². The molecule has 0 saturated carbocycles. The molecule has 0 unspecified atom stereocenters. The van der Waals surface area contributed by atoms with Crippen LogP contribution in [0.1, 0.15) is 11.3 Å². The first-order chi connectivity index (χ1) is 12.9. The highest BCUT2D eigenvalue weighted by atomic mass is 19.4. The number of hydrogen-bond acceptors (Lipinski definition) is 4. The Kier molecular flexibility index (Phi) is 4.81. The normalized spacial score (nSPS) is 10.9. The van der Waals surface area contributed by atoms with E-state index in [1.165, 1.54) is 36.4 Å². The van der Waals surface area contributed by atoms with Gasteiger partial charge >= 0.3 is 12.3 Å². The summed E-state index contributed by atoms with van der Waals surface area (Å²) in [4.78, 5) is 12.0. The fraction of sp³-hybridized carbons (Fsp3) is 0.0556. The van der Waals surface area contributed by atoms with Crippen LogP contribution in [0.5, 0.6) is 5.75 Å². The van der Waals surface area contributed by atoms with Crippen molar-refractivity contribution in [2.45, 2.75) is 6.18 Å². The highest BCUT2D eigenvalue weighted by Crippen LogP contribution is 2.37. The average molecular weight is 372 g/mol. The van der Waals surface area contributed by atoms with Crippen molar-refractivity contribution in [1.82, 2.24) is 9.78 Å². The number of carbonyl (C=O) groups excluding carboxylic acids is 1. The van der Waals surface area contributed by atoms with Crippen LogP contribution in [0.2, 0.25) is 0 Å². The molecule has 6 nitrogen and oxygen atoms in total. The van der Waals surface area contributed by atoms with Crippen LogP contribution in [0.4, 0.5) is 23.7 Å². The zero-order valence-electron chi connectivity index (χ0n) is 13.6. The molecule has 136 valence electrons. The lowest BCUT2D eigenvalue weighted by molar-refractivity contribution is -0.143. The van der Waals surface area contributed by atoms with Gasteiger partial charge < -0.3 is 4.74 Å². The number of amides is 1. The molecule has 2 aromatic carbocycles. The molecule has 0 spiro atoms. The van der Waals surface area contributed by atoms with Crippen LogP contribution in [-0.2, 0) is 6.18 Å². The summed E-state index contributed by atoms with van der Waals surface area (Å²) in [7, 11) is 0. The van der Waals surface area contributed by atoms with Crippen molar-refractivity contribution in [3.63, 3.8) is 0 Å². The molecule has 0 atom stereocenters. The lowest BCUT2D eigenvalue weighted by Gasteiger charge is -2.12. The van der Waals surface area contributed by atoms with Crippen molar-refractivity contribution in [2.75, 3.05) is 5.32 Å². The number of nitrogens with zero attached hydrogens (tertiary/aromatic N) is 3. The minimum absolute atomic E-state index is 0.168. The summed E-state index contributed by atoms with van der Waals surface area (Å²) in [5.74, 6) is -0.736. The van der Waals surface area contributed by atoms with Crippen LogP contribution >= 0.6 is 0 Å². The Balaban J connectivity index is 1.87. The van der Waals surface area contributed by atoms with Crippen molar-refractivity contribution >= 4 is 11.8 Å². The average Bonchev–Trinajstić information content (AvgIpc) is 3.06. The van der Waals surface area contributed by atoms with E-state index in [1.807, 2.05) is 6.07 Å². The van der Waals surface area contributed by atoms with Crippen molar-refractivity contribution < 1.29 is 22.7 Å². The number of alkyl halides is 3. The summed E-state index contributed by atoms with van der Waals surface area (Å²) in [5.41, 5.74) is -0.555. The first-order valence-corrected chi connectivity index (χ1v) is 7.58. The maximum absolute atomic E-state index is 13.5.